The van der Waals surface area contributed by atoms with Crippen LogP contribution >= 0.6 is 11.6 Å². The van der Waals surface area contributed by atoms with Crippen molar-refractivity contribution in [3.63, 3.8) is 0 Å². The smallest absolute Gasteiger partial charge is 0.231 e. The van der Waals surface area contributed by atoms with Crippen LogP contribution in [-0.2, 0) is 16.1 Å². The lowest BCUT2D eigenvalue weighted by Gasteiger charge is -2.07. The standard InChI is InChI=1S/C19H17ClN2O4/c20-12-3-1-11(2-4-12)9-21-18(23)14-8-15(14)19(24)22-13-5-6-16-17(7-13)26-10-25-16/h1-7,14-15H,8-10H2,(H,21,23)(H,22,24). The van der Waals surface area contributed by atoms with Gasteiger partial charge >= 0.3 is 0 Å². The highest BCUT2D eigenvalue weighted by atomic mass is 35.5. The van der Waals surface area contributed by atoms with Crippen LogP contribution < -0.4 is 20.1 Å². The van der Waals surface area contributed by atoms with Crippen molar-refractivity contribution in [2.75, 3.05) is 12.1 Å². The van der Waals surface area contributed by atoms with E-state index in [0.29, 0.717) is 35.2 Å². The molecule has 7 heteroatoms. The fourth-order valence-electron chi connectivity index (χ4n) is 2.91. The molecule has 0 spiro atoms. The van der Waals surface area contributed by atoms with Crippen molar-refractivity contribution in [3.05, 3.63) is 53.1 Å². The number of nitrogens with one attached hydrogen (secondary N) is 2. The number of fused-ring (bicyclic) bond motifs is 1. The molecule has 1 heterocycles. The third kappa shape index (κ3) is 3.60. The first-order valence-electron chi connectivity index (χ1n) is 8.33. The van der Waals surface area contributed by atoms with E-state index in [9.17, 15) is 9.59 Å². The summed E-state index contributed by atoms with van der Waals surface area (Å²) >= 11 is 5.84. The maximum atomic E-state index is 12.3. The molecule has 2 unspecified atom stereocenters. The Balaban J connectivity index is 1.28. The summed E-state index contributed by atoms with van der Waals surface area (Å²) in [5.74, 6) is 0.424. The lowest BCUT2D eigenvalue weighted by Crippen LogP contribution is -2.27. The van der Waals surface area contributed by atoms with E-state index in [-0.39, 0.29) is 30.4 Å². The van der Waals surface area contributed by atoms with Crippen LogP contribution in [0, 0.1) is 11.8 Å². The summed E-state index contributed by atoms with van der Waals surface area (Å²) in [5.41, 5.74) is 1.59. The number of hydrogen-bond acceptors (Lipinski definition) is 4. The van der Waals surface area contributed by atoms with Crippen molar-refractivity contribution in [1.82, 2.24) is 5.32 Å². The molecule has 0 bridgehead atoms. The number of anilines is 1. The second-order valence-corrected chi connectivity index (χ2v) is 6.79. The Labute approximate surface area is 155 Å². The van der Waals surface area contributed by atoms with Crippen molar-refractivity contribution in [3.8, 4) is 11.5 Å². The number of hydrogen-bond donors (Lipinski definition) is 2. The zero-order valence-corrected chi connectivity index (χ0v) is 14.6. The average Bonchev–Trinajstić information content (AvgIpc) is 3.32. The Kier molecular flexibility index (Phi) is 4.42. The normalized spacial score (nSPS) is 19.7. The lowest BCUT2D eigenvalue weighted by atomic mass is 10.2. The summed E-state index contributed by atoms with van der Waals surface area (Å²) in [6, 6.07) is 12.5. The molecule has 2 atom stereocenters. The molecule has 2 aliphatic rings. The fourth-order valence-corrected chi connectivity index (χ4v) is 3.03. The van der Waals surface area contributed by atoms with Gasteiger partial charge in [-0.05, 0) is 36.2 Å². The van der Waals surface area contributed by atoms with E-state index in [4.69, 9.17) is 21.1 Å². The molecule has 2 aromatic rings. The Morgan fingerprint density at radius 2 is 1.73 bits per heavy atom. The van der Waals surface area contributed by atoms with E-state index >= 15 is 0 Å². The molecule has 2 N–H and O–H groups in total. The number of halogens is 1. The molecule has 4 rings (SSSR count). The van der Waals surface area contributed by atoms with Gasteiger partial charge in [-0.15, -0.1) is 0 Å². The van der Waals surface area contributed by atoms with Gasteiger partial charge in [0.2, 0.25) is 18.6 Å². The minimum Gasteiger partial charge on any atom is -0.454 e. The van der Waals surface area contributed by atoms with E-state index < -0.39 is 0 Å². The zero-order valence-electron chi connectivity index (χ0n) is 13.8. The minimum atomic E-state index is -0.300. The highest BCUT2D eigenvalue weighted by Gasteiger charge is 2.47. The van der Waals surface area contributed by atoms with E-state index in [2.05, 4.69) is 10.6 Å². The number of benzene rings is 2. The van der Waals surface area contributed by atoms with Crippen molar-refractivity contribution in [2.24, 2.45) is 11.8 Å². The van der Waals surface area contributed by atoms with Gasteiger partial charge < -0.3 is 20.1 Å². The number of amides is 2. The van der Waals surface area contributed by atoms with Gasteiger partial charge in [-0.1, -0.05) is 23.7 Å². The fraction of sp³-hybridized carbons (Fsp3) is 0.263. The second-order valence-electron chi connectivity index (χ2n) is 6.35. The predicted molar refractivity (Wildman–Crippen MR) is 96.1 cm³/mol. The van der Waals surface area contributed by atoms with Crippen LogP contribution in [-0.4, -0.2) is 18.6 Å². The van der Waals surface area contributed by atoms with Crippen LogP contribution in [0.15, 0.2) is 42.5 Å². The Morgan fingerprint density at radius 3 is 2.54 bits per heavy atom. The Bertz CT molecular complexity index is 853. The van der Waals surface area contributed by atoms with Crippen molar-refractivity contribution >= 4 is 29.1 Å². The molecule has 2 amide bonds. The molecular formula is C19H17ClN2O4. The number of carbonyl (C=O) groups excluding carboxylic acids is 2. The van der Waals surface area contributed by atoms with Crippen LogP contribution in [0.4, 0.5) is 5.69 Å². The topological polar surface area (TPSA) is 76.7 Å². The largest absolute Gasteiger partial charge is 0.454 e. The summed E-state index contributed by atoms with van der Waals surface area (Å²) in [7, 11) is 0. The van der Waals surface area contributed by atoms with Crippen LogP contribution in [0.2, 0.25) is 5.02 Å². The van der Waals surface area contributed by atoms with Gasteiger partial charge in [0, 0.05) is 23.3 Å². The molecule has 1 aliphatic heterocycles. The Hall–Kier alpha value is -2.73. The van der Waals surface area contributed by atoms with E-state index in [1.165, 1.54) is 0 Å². The molecule has 0 radical (unpaired) electrons. The maximum absolute atomic E-state index is 12.3. The molecular weight excluding hydrogens is 356 g/mol. The molecule has 0 aromatic heterocycles. The first kappa shape index (κ1) is 16.7. The van der Waals surface area contributed by atoms with Gasteiger partial charge in [-0.3, -0.25) is 9.59 Å². The van der Waals surface area contributed by atoms with Gasteiger partial charge in [0.25, 0.3) is 0 Å². The van der Waals surface area contributed by atoms with E-state index in [1.54, 1.807) is 30.3 Å². The summed E-state index contributed by atoms with van der Waals surface area (Å²) in [6.07, 6.45) is 0.558. The van der Waals surface area contributed by atoms with Crippen LogP contribution in [0.5, 0.6) is 11.5 Å². The summed E-state index contributed by atoms with van der Waals surface area (Å²) in [6.45, 7) is 0.605. The highest BCUT2D eigenvalue weighted by Crippen LogP contribution is 2.40. The van der Waals surface area contributed by atoms with Crippen molar-refractivity contribution in [2.45, 2.75) is 13.0 Å². The molecule has 0 saturated heterocycles. The second kappa shape index (κ2) is 6.88. The molecule has 1 fully saturated rings. The van der Waals surface area contributed by atoms with Gasteiger partial charge in [-0.25, -0.2) is 0 Å². The third-order valence-corrected chi connectivity index (χ3v) is 4.74. The number of ether oxygens (including phenoxy) is 2. The first-order valence-corrected chi connectivity index (χ1v) is 8.70. The molecule has 2 aromatic carbocycles. The summed E-state index contributed by atoms with van der Waals surface area (Å²) in [4.78, 5) is 24.5. The average molecular weight is 373 g/mol. The van der Waals surface area contributed by atoms with Crippen LogP contribution in [0.1, 0.15) is 12.0 Å². The molecule has 6 nitrogen and oxygen atoms in total. The van der Waals surface area contributed by atoms with Gasteiger partial charge in [-0.2, -0.15) is 0 Å². The summed E-state index contributed by atoms with van der Waals surface area (Å²) in [5, 5.41) is 6.35. The van der Waals surface area contributed by atoms with Crippen LogP contribution in [0.25, 0.3) is 0 Å². The summed E-state index contributed by atoms with van der Waals surface area (Å²) < 4.78 is 10.5. The quantitative estimate of drug-likeness (QED) is 0.846. The van der Waals surface area contributed by atoms with E-state index in [1.807, 2.05) is 12.1 Å². The third-order valence-electron chi connectivity index (χ3n) is 4.48. The molecule has 1 saturated carbocycles. The monoisotopic (exact) mass is 372 g/mol. The Morgan fingerprint density at radius 1 is 1.00 bits per heavy atom. The zero-order chi connectivity index (χ0) is 18.1. The number of carbonyl (C=O) groups is 2. The van der Waals surface area contributed by atoms with Crippen molar-refractivity contribution in [1.29, 1.82) is 0 Å². The molecule has 134 valence electrons. The maximum Gasteiger partial charge on any atom is 0.231 e. The molecule has 1 aliphatic carbocycles. The van der Waals surface area contributed by atoms with Gasteiger partial charge in [0.1, 0.15) is 0 Å². The van der Waals surface area contributed by atoms with Crippen molar-refractivity contribution < 1.29 is 19.1 Å². The lowest BCUT2D eigenvalue weighted by molar-refractivity contribution is -0.125. The minimum absolute atomic E-state index is 0.106. The predicted octanol–water partition coefficient (Wildman–Crippen LogP) is 2.96. The SMILES string of the molecule is O=C(NCc1ccc(Cl)cc1)C1CC1C(=O)Nc1ccc2c(c1)OCO2. The first-order chi connectivity index (χ1) is 12.6. The van der Waals surface area contributed by atoms with Gasteiger partial charge in [0.05, 0.1) is 11.8 Å². The van der Waals surface area contributed by atoms with Crippen LogP contribution in [0.3, 0.4) is 0 Å². The van der Waals surface area contributed by atoms with Gasteiger partial charge in [0.15, 0.2) is 11.5 Å². The highest BCUT2D eigenvalue weighted by molar-refractivity contribution is 6.30. The number of rotatable bonds is 5. The molecule has 26 heavy (non-hydrogen) atoms. The van der Waals surface area contributed by atoms with E-state index in [0.717, 1.165) is 5.56 Å².